The van der Waals surface area contributed by atoms with E-state index in [1.807, 2.05) is 6.92 Å². The second-order valence-corrected chi connectivity index (χ2v) is 5.76. The highest BCUT2D eigenvalue weighted by Crippen LogP contribution is 2.35. The second-order valence-electron chi connectivity index (χ2n) is 4.78. The third kappa shape index (κ3) is 2.53. The molecule has 0 aliphatic carbocycles. The zero-order valence-corrected chi connectivity index (χ0v) is 11.1. The van der Waals surface area contributed by atoms with Gasteiger partial charge in [-0.3, -0.25) is 9.69 Å². The van der Waals surface area contributed by atoms with E-state index in [0.717, 1.165) is 19.5 Å². The van der Waals surface area contributed by atoms with Crippen LogP contribution in [-0.4, -0.2) is 29.1 Å². The van der Waals surface area contributed by atoms with Crippen LogP contribution in [0.2, 0.25) is 0 Å². The quantitative estimate of drug-likeness (QED) is 0.877. The van der Waals surface area contributed by atoms with E-state index in [9.17, 15) is 4.79 Å². The summed E-state index contributed by atoms with van der Waals surface area (Å²) in [5.41, 5.74) is 0. The minimum Gasteiger partial charge on any atom is -0.481 e. The third-order valence-corrected chi connectivity index (χ3v) is 4.71. The van der Waals surface area contributed by atoms with Crippen molar-refractivity contribution >= 4 is 17.3 Å². The molecule has 2 heterocycles. The lowest BCUT2D eigenvalue weighted by Crippen LogP contribution is -2.52. The first-order valence-corrected chi connectivity index (χ1v) is 7.01. The van der Waals surface area contributed by atoms with Crippen LogP contribution in [0.1, 0.15) is 31.2 Å². The molecule has 0 radical (unpaired) electrons. The molecule has 17 heavy (non-hydrogen) atoms. The fraction of sp³-hybridized carbons (Fsp3) is 0.615. The average molecular weight is 253 g/mol. The van der Waals surface area contributed by atoms with Crippen LogP contribution < -0.4 is 0 Å². The van der Waals surface area contributed by atoms with Gasteiger partial charge in [-0.1, -0.05) is 19.9 Å². The molecule has 1 aliphatic rings. The van der Waals surface area contributed by atoms with Crippen LogP contribution in [0.3, 0.4) is 0 Å². The molecule has 1 aliphatic heterocycles. The lowest BCUT2D eigenvalue weighted by Gasteiger charge is -2.45. The maximum Gasteiger partial charge on any atom is 0.306 e. The molecule has 2 atom stereocenters. The maximum atomic E-state index is 10.9. The number of carboxylic acids is 1. The van der Waals surface area contributed by atoms with Gasteiger partial charge in [0.1, 0.15) is 0 Å². The number of thiophene rings is 1. The summed E-state index contributed by atoms with van der Waals surface area (Å²) in [5, 5.41) is 11.1. The Morgan fingerprint density at radius 1 is 1.65 bits per heavy atom. The topological polar surface area (TPSA) is 40.5 Å². The zero-order chi connectivity index (χ0) is 12.4. The van der Waals surface area contributed by atoms with Gasteiger partial charge < -0.3 is 5.11 Å². The van der Waals surface area contributed by atoms with Crippen molar-refractivity contribution in [1.29, 1.82) is 0 Å². The second kappa shape index (κ2) is 5.19. The fourth-order valence-electron chi connectivity index (χ4n) is 2.44. The van der Waals surface area contributed by atoms with Crippen LogP contribution in [0.5, 0.6) is 0 Å². The van der Waals surface area contributed by atoms with Gasteiger partial charge in [-0.2, -0.15) is 0 Å². The lowest BCUT2D eigenvalue weighted by molar-refractivity contribution is -0.146. The minimum absolute atomic E-state index is 0.216. The van der Waals surface area contributed by atoms with Gasteiger partial charge in [0.2, 0.25) is 0 Å². The van der Waals surface area contributed by atoms with Gasteiger partial charge in [-0.25, -0.2) is 0 Å². The summed E-state index contributed by atoms with van der Waals surface area (Å²) in [4.78, 5) is 14.7. The Kier molecular flexibility index (Phi) is 3.84. The van der Waals surface area contributed by atoms with Gasteiger partial charge in [-0.05, 0) is 23.8 Å². The molecule has 0 bridgehead atoms. The fourth-order valence-corrected chi connectivity index (χ4v) is 3.39. The van der Waals surface area contributed by atoms with E-state index < -0.39 is 5.97 Å². The van der Waals surface area contributed by atoms with E-state index in [4.69, 9.17) is 5.11 Å². The average Bonchev–Trinajstić information content (AvgIpc) is 2.74. The maximum absolute atomic E-state index is 10.9. The normalized spacial score (nSPS) is 20.8. The van der Waals surface area contributed by atoms with E-state index in [0.29, 0.717) is 12.0 Å². The van der Waals surface area contributed by atoms with E-state index >= 15 is 0 Å². The summed E-state index contributed by atoms with van der Waals surface area (Å²) in [7, 11) is 0. The van der Waals surface area contributed by atoms with Gasteiger partial charge >= 0.3 is 5.97 Å². The Balaban J connectivity index is 1.92. The molecule has 1 N–H and O–H groups in total. The van der Waals surface area contributed by atoms with Gasteiger partial charge in [0, 0.05) is 24.0 Å². The Hall–Kier alpha value is -0.870. The van der Waals surface area contributed by atoms with Gasteiger partial charge in [0.25, 0.3) is 0 Å². The van der Waals surface area contributed by atoms with Gasteiger partial charge in [0.15, 0.2) is 0 Å². The van der Waals surface area contributed by atoms with E-state index in [1.165, 1.54) is 4.88 Å². The summed E-state index contributed by atoms with van der Waals surface area (Å²) in [6, 6.07) is 4.74. The molecular weight excluding hydrogens is 234 g/mol. The number of likely N-dealkylation sites (tertiary alicyclic amines) is 1. The van der Waals surface area contributed by atoms with Crippen LogP contribution in [0.15, 0.2) is 17.5 Å². The van der Waals surface area contributed by atoms with Crippen molar-refractivity contribution in [1.82, 2.24) is 4.90 Å². The molecule has 2 rings (SSSR count). The summed E-state index contributed by atoms with van der Waals surface area (Å²) in [6.07, 6.45) is 1.09. The van der Waals surface area contributed by atoms with Crippen molar-refractivity contribution in [3.05, 3.63) is 22.4 Å². The number of hydrogen-bond donors (Lipinski definition) is 1. The molecular formula is C13H19NO2S. The molecule has 0 saturated carbocycles. The van der Waals surface area contributed by atoms with Crippen LogP contribution in [0.25, 0.3) is 0 Å². The Morgan fingerprint density at radius 3 is 2.82 bits per heavy atom. The minimum atomic E-state index is -0.668. The Labute approximate surface area is 106 Å². The molecule has 1 aromatic rings. The highest BCUT2D eigenvalue weighted by molar-refractivity contribution is 7.10. The smallest absolute Gasteiger partial charge is 0.306 e. The molecule has 94 valence electrons. The molecule has 3 nitrogen and oxygen atoms in total. The summed E-state index contributed by atoms with van der Waals surface area (Å²) in [5.74, 6) is -0.563. The molecule has 0 spiro atoms. The van der Waals surface area contributed by atoms with Crippen LogP contribution >= 0.6 is 11.3 Å². The molecule has 2 unspecified atom stereocenters. The van der Waals surface area contributed by atoms with Crippen LogP contribution in [0, 0.1) is 11.8 Å². The largest absolute Gasteiger partial charge is 0.481 e. The SMILES string of the molecule is CCC(c1cccs1)N1CC(C(C)C(=O)O)C1. The summed E-state index contributed by atoms with van der Waals surface area (Å²) < 4.78 is 0. The van der Waals surface area contributed by atoms with Gasteiger partial charge in [0.05, 0.1) is 5.92 Å². The van der Waals surface area contributed by atoms with Crippen molar-refractivity contribution in [3.8, 4) is 0 Å². The number of carboxylic acid groups (broad SMARTS) is 1. The molecule has 4 heteroatoms. The Morgan fingerprint density at radius 2 is 2.35 bits per heavy atom. The number of hydrogen-bond acceptors (Lipinski definition) is 3. The summed E-state index contributed by atoms with van der Waals surface area (Å²) in [6.45, 7) is 5.85. The van der Waals surface area contributed by atoms with Crippen molar-refractivity contribution in [2.45, 2.75) is 26.3 Å². The van der Waals surface area contributed by atoms with Gasteiger partial charge in [-0.15, -0.1) is 11.3 Å². The van der Waals surface area contributed by atoms with E-state index in [1.54, 1.807) is 11.3 Å². The lowest BCUT2D eigenvalue weighted by atomic mass is 9.85. The molecule has 0 amide bonds. The Bertz CT molecular complexity index is 371. The predicted molar refractivity (Wildman–Crippen MR) is 69.2 cm³/mol. The van der Waals surface area contributed by atoms with Crippen LogP contribution in [0.4, 0.5) is 0 Å². The molecule has 1 fully saturated rings. The van der Waals surface area contributed by atoms with Crippen molar-refractivity contribution < 1.29 is 9.90 Å². The first-order chi connectivity index (χ1) is 8.13. The number of nitrogens with zero attached hydrogens (tertiary/aromatic N) is 1. The first kappa shape index (κ1) is 12.6. The highest BCUT2D eigenvalue weighted by Gasteiger charge is 2.38. The van der Waals surface area contributed by atoms with Crippen molar-refractivity contribution in [2.24, 2.45) is 11.8 Å². The number of rotatable bonds is 5. The van der Waals surface area contributed by atoms with E-state index in [-0.39, 0.29) is 5.92 Å². The molecule has 0 aromatic carbocycles. The number of aliphatic carboxylic acids is 1. The van der Waals surface area contributed by atoms with E-state index in [2.05, 4.69) is 29.3 Å². The third-order valence-electron chi connectivity index (χ3n) is 3.73. The monoisotopic (exact) mass is 253 g/mol. The highest BCUT2D eigenvalue weighted by atomic mass is 32.1. The summed E-state index contributed by atoms with van der Waals surface area (Å²) >= 11 is 1.79. The van der Waals surface area contributed by atoms with Crippen molar-refractivity contribution in [3.63, 3.8) is 0 Å². The molecule has 1 saturated heterocycles. The zero-order valence-electron chi connectivity index (χ0n) is 10.3. The standard InChI is InChI=1S/C13H19NO2S/c1-3-11(12-5-4-6-17-12)14-7-10(8-14)9(2)13(15)16/h4-6,9-11H,3,7-8H2,1-2H3,(H,15,16). The van der Waals surface area contributed by atoms with Crippen LogP contribution in [-0.2, 0) is 4.79 Å². The molecule has 1 aromatic heterocycles. The predicted octanol–water partition coefficient (Wildman–Crippen LogP) is 2.85. The van der Waals surface area contributed by atoms with Crippen molar-refractivity contribution in [2.75, 3.05) is 13.1 Å². The number of carbonyl (C=O) groups is 1. The first-order valence-electron chi connectivity index (χ1n) is 6.13.